The molecule has 0 radical (unpaired) electrons. The number of urea groups is 1. The smallest absolute Gasteiger partial charge is 0.321 e. The van der Waals surface area contributed by atoms with Crippen LogP contribution in [0.15, 0.2) is 47.8 Å². The summed E-state index contributed by atoms with van der Waals surface area (Å²) in [7, 11) is 3.16. The Balaban J connectivity index is 1.56. The Morgan fingerprint density at radius 2 is 1.83 bits per heavy atom. The highest BCUT2D eigenvalue weighted by atomic mass is 32.1. The van der Waals surface area contributed by atoms with E-state index in [4.69, 9.17) is 14.2 Å². The molecule has 3 rings (SSSR count). The molecule has 3 aromatic rings. The molecule has 0 aliphatic heterocycles. The largest absolute Gasteiger partial charge is 0.494 e. The maximum atomic E-state index is 12.2. The van der Waals surface area contributed by atoms with Crippen LogP contribution in [0.1, 0.15) is 12.5 Å². The average molecular weight is 413 g/mol. The van der Waals surface area contributed by atoms with Crippen molar-refractivity contribution in [1.82, 2.24) is 10.3 Å². The van der Waals surface area contributed by atoms with Crippen molar-refractivity contribution in [3.63, 3.8) is 0 Å². The Bertz CT molecular complexity index is 957. The fraction of sp³-hybridized carbons (Fsp3) is 0.238. The normalized spacial score (nSPS) is 10.3. The molecule has 7 nitrogen and oxygen atoms in total. The lowest BCUT2D eigenvalue weighted by atomic mass is 10.2. The summed E-state index contributed by atoms with van der Waals surface area (Å²) in [6, 6.07) is 12.9. The van der Waals surface area contributed by atoms with Gasteiger partial charge in [0.25, 0.3) is 0 Å². The van der Waals surface area contributed by atoms with Crippen molar-refractivity contribution in [3.05, 3.63) is 53.4 Å². The number of nitrogens with one attached hydrogen (secondary N) is 2. The van der Waals surface area contributed by atoms with E-state index >= 15 is 0 Å². The summed E-state index contributed by atoms with van der Waals surface area (Å²) in [6.45, 7) is 2.92. The molecular weight excluding hydrogens is 390 g/mol. The summed E-state index contributed by atoms with van der Waals surface area (Å²) in [5.74, 6) is 2.08. The average Bonchev–Trinajstić information content (AvgIpc) is 3.21. The quantitative estimate of drug-likeness (QED) is 0.566. The van der Waals surface area contributed by atoms with Crippen molar-refractivity contribution in [2.24, 2.45) is 0 Å². The molecule has 0 aliphatic rings. The zero-order chi connectivity index (χ0) is 20.6. The van der Waals surface area contributed by atoms with Crippen molar-refractivity contribution in [2.45, 2.75) is 13.5 Å². The predicted octanol–water partition coefficient (Wildman–Crippen LogP) is 4.55. The number of carbonyl (C=O) groups excluding carboxylic acids is 1. The van der Waals surface area contributed by atoms with Crippen LogP contribution in [0.3, 0.4) is 0 Å². The van der Waals surface area contributed by atoms with Gasteiger partial charge in [-0.1, -0.05) is 6.07 Å². The van der Waals surface area contributed by atoms with Gasteiger partial charge in [-0.3, -0.25) is 5.32 Å². The van der Waals surface area contributed by atoms with Gasteiger partial charge >= 0.3 is 6.03 Å². The van der Waals surface area contributed by atoms with Crippen LogP contribution < -0.4 is 24.8 Å². The maximum Gasteiger partial charge on any atom is 0.321 e. The summed E-state index contributed by atoms with van der Waals surface area (Å²) in [4.78, 5) is 16.7. The van der Waals surface area contributed by atoms with Gasteiger partial charge in [0, 0.05) is 17.5 Å². The van der Waals surface area contributed by atoms with Gasteiger partial charge in [-0.05, 0) is 48.9 Å². The van der Waals surface area contributed by atoms with E-state index in [1.807, 2.05) is 48.7 Å². The third kappa shape index (κ3) is 5.39. The SMILES string of the molecule is CCOc1ccc(-c2csc(NC(=O)NCc3ccc(OC)c(OC)c3)n2)cc1. The number of benzene rings is 2. The third-order valence-electron chi connectivity index (χ3n) is 4.09. The molecular formula is C21H23N3O4S. The second kappa shape index (κ2) is 9.79. The van der Waals surface area contributed by atoms with Gasteiger partial charge in [0.2, 0.25) is 0 Å². The Labute approximate surface area is 173 Å². The fourth-order valence-electron chi connectivity index (χ4n) is 2.67. The number of ether oxygens (including phenoxy) is 3. The minimum Gasteiger partial charge on any atom is -0.494 e. The molecule has 0 spiro atoms. The topological polar surface area (TPSA) is 81.7 Å². The predicted molar refractivity (Wildman–Crippen MR) is 114 cm³/mol. The Morgan fingerprint density at radius 1 is 1.07 bits per heavy atom. The molecule has 0 atom stereocenters. The molecule has 8 heteroatoms. The van der Waals surface area contributed by atoms with E-state index in [2.05, 4.69) is 15.6 Å². The van der Waals surface area contributed by atoms with Gasteiger partial charge < -0.3 is 19.5 Å². The highest BCUT2D eigenvalue weighted by Gasteiger charge is 2.09. The van der Waals surface area contributed by atoms with Gasteiger partial charge in [-0.15, -0.1) is 11.3 Å². The molecule has 2 aromatic carbocycles. The lowest BCUT2D eigenvalue weighted by Gasteiger charge is -2.10. The first-order chi connectivity index (χ1) is 14.1. The van der Waals surface area contributed by atoms with Crippen LogP contribution in [-0.4, -0.2) is 31.8 Å². The number of rotatable bonds is 8. The highest BCUT2D eigenvalue weighted by molar-refractivity contribution is 7.14. The minimum absolute atomic E-state index is 0.327. The summed E-state index contributed by atoms with van der Waals surface area (Å²) in [5.41, 5.74) is 2.66. The van der Waals surface area contributed by atoms with Crippen molar-refractivity contribution >= 4 is 22.5 Å². The molecule has 0 saturated heterocycles. The van der Waals surface area contributed by atoms with Crippen LogP contribution in [-0.2, 0) is 6.54 Å². The van der Waals surface area contributed by atoms with Crippen molar-refractivity contribution in [1.29, 1.82) is 0 Å². The summed E-state index contributed by atoms with van der Waals surface area (Å²) < 4.78 is 15.9. The van der Waals surface area contributed by atoms with E-state index in [-0.39, 0.29) is 6.03 Å². The van der Waals surface area contributed by atoms with Crippen LogP contribution in [0.4, 0.5) is 9.93 Å². The van der Waals surface area contributed by atoms with Gasteiger partial charge in [0.1, 0.15) is 5.75 Å². The van der Waals surface area contributed by atoms with Crippen LogP contribution >= 0.6 is 11.3 Å². The lowest BCUT2D eigenvalue weighted by molar-refractivity contribution is 0.251. The van der Waals surface area contributed by atoms with Gasteiger partial charge in [-0.2, -0.15) is 0 Å². The lowest BCUT2D eigenvalue weighted by Crippen LogP contribution is -2.28. The number of thiazole rings is 1. The number of amides is 2. The maximum absolute atomic E-state index is 12.2. The Morgan fingerprint density at radius 3 is 2.52 bits per heavy atom. The van der Waals surface area contributed by atoms with Crippen molar-refractivity contribution < 1.29 is 19.0 Å². The van der Waals surface area contributed by atoms with Gasteiger partial charge in [-0.25, -0.2) is 9.78 Å². The third-order valence-corrected chi connectivity index (χ3v) is 4.84. The molecule has 0 fully saturated rings. The summed E-state index contributed by atoms with van der Waals surface area (Å²) in [6.07, 6.45) is 0. The zero-order valence-electron chi connectivity index (χ0n) is 16.5. The van der Waals surface area contributed by atoms with E-state index in [9.17, 15) is 4.79 Å². The van der Waals surface area contributed by atoms with Gasteiger partial charge in [0.05, 0.1) is 26.5 Å². The minimum atomic E-state index is -0.327. The second-order valence-corrected chi connectivity index (χ2v) is 6.85. The van der Waals surface area contributed by atoms with E-state index in [1.165, 1.54) is 11.3 Å². The van der Waals surface area contributed by atoms with Crippen LogP contribution in [0.2, 0.25) is 0 Å². The fourth-order valence-corrected chi connectivity index (χ4v) is 3.38. The standard InChI is InChI=1S/C21H23N3O4S/c1-4-28-16-8-6-15(7-9-16)17-13-29-21(23-17)24-20(25)22-12-14-5-10-18(26-2)19(11-14)27-3/h5-11,13H,4,12H2,1-3H3,(H2,22,23,24,25). The number of anilines is 1. The summed E-state index contributed by atoms with van der Waals surface area (Å²) >= 11 is 1.37. The zero-order valence-corrected chi connectivity index (χ0v) is 17.3. The van der Waals surface area contributed by atoms with Crippen LogP contribution in [0, 0.1) is 0 Å². The second-order valence-electron chi connectivity index (χ2n) is 5.99. The monoisotopic (exact) mass is 413 g/mol. The van der Waals surface area contributed by atoms with E-state index in [0.29, 0.717) is 29.8 Å². The van der Waals surface area contributed by atoms with Crippen molar-refractivity contribution in [3.8, 4) is 28.5 Å². The summed E-state index contributed by atoms with van der Waals surface area (Å²) in [5, 5.41) is 8.00. The van der Waals surface area contributed by atoms with E-state index in [0.717, 1.165) is 22.6 Å². The number of hydrogen-bond donors (Lipinski definition) is 2. The molecule has 0 aliphatic carbocycles. The van der Waals surface area contributed by atoms with Crippen LogP contribution in [0.25, 0.3) is 11.3 Å². The molecule has 1 aromatic heterocycles. The molecule has 0 unspecified atom stereocenters. The number of methoxy groups -OCH3 is 2. The molecule has 1 heterocycles. The number of aromatic nitrogens is 1. The van der Waals surface area contributed by atoms with E-state index in [1.54, 1.807) is 20.3 Å². The molecule has 0 bridgehead atoms. The number of carbonyl (C=O) groups is 1. The molecule has 2 N–H and O–H groups in total. The number of nitrogens with zero attached hydrogens (tertiary/aromatic N) is 1. The molecule has 2 amide bonds. The Hall–Kier alpha value is -3.26. The first-order valence-corrected chi connectivity index (χ1v) is 9.95. The van der Waals surface area contributed by atoms with Gasteiger partial charge in [0.15, 0.2) is 16.6 Å². The van der Waals surface area contributed by atoms with E-state index < -0.39 is 0 Å². The van der Waals surface area contributed by atoms with Crippen molar-refractivity contribution in [2.75, 3.05) is 26.1 Å². The first-order valence-electron chi connectivity index (χ1n) is 9.07. The number of hydrogen-bond acceptors (Lipinski definition) is 6. The molecule has 152 valence electrons. The molecule has 29 heavy (non-hydrogen) atoms. The highest BCUT2D eigenvalue weighted by Crippen LogP contribution is 2.28. The Kier molecular flexibility index (Phi) is 6.91. The van der Waals surface area contributed by atoms with Crippen LogP contribution in [0.5, 0.6) is 17.2 Å². The molecule has 0 saturated carbocycles. The first kappa shape index (κ1) is 20.5.